The van der Waals surface area contributed by atoms with Gasteiger partial charge in [-0.2, -0.15) is 23.0 Å². The van der Waals surface area contributed by atoms with E-state index in [2.05, 4.69) is 10.4 Å². The van der Waals surface area contributed by atoms with Gasteiger partial charge in [-0.25, -0.2) is 8.78 Å². The zero-order chi connectivity index (χ0) is 23.6. The minimum atomic E-state index is -4.81. The Bertz CT molecular complexity index is 1180. The van der Waals surface area contributed by atoms with Crippen molar-refractivity contribution >= 4 is 11.9 Å². The Morgan fingerprint density at radius 1 is 1.09 bits per heavy atom. The summed E-state index contributed by atoms with van der Waals surface area (Å²) < 4.78 is 67.7. The van der Waals surface area contributed by atoms with Crippen LogP contribution in [0.15, 0.2) is 48.5 Å². The Balaban J connectivity index is 1.94. The third-order valence-corrected chi connectivity index (χ3v) is 4.39. The van der Waals surface area contributed by atoms with Gasteiger partial charge in [0.1, 0.15) is 11.5 Å². The number of carboxylic acids is 1. The van der Waals surface area contributed by atoms with E-state index in [9.17, 15) is 36.6 Å². The van der Waals surface area contributed by atoms with Crippen molar-refractivity contribution < 1.29 is 41.8 Å². The number of carbonyl (C=O) groups excluding carboxylic acids is 1. The molecule has 1 aromatic heterocycles. The van der Waals surface area contributed by atoms with Gasteiger partial charge in [-0.3, -0.25) is 9.59 Å². The van der Waals surface area contributed by atoms with Gasteiger partial charge < -0.3 is 15.5 Å². The van der Waals surface area contributed by atoms with E-state index in [1.54, 1.807) is 0 Å². The van der Waals surface area contributed by atoms with Crippen molar-refractivity contribution in [2.45, 2.75) is 18.6 Å². The number of aromatic nitrogens is 2. The van der Waals surface area contributed by atoms with Crippen molar-refractivity contribution in [3.8, 4) is 11.6 Å². The van der Waals surface area contributed by atoms with E-state index >= 15 is 0 Å². The lowest BCUT2D eigenvalue weighted by atomic mass is 9.97. The molecule has 0 saturated carbocycles. The molecule has 12 heteroatoms. The molecule has 2 aromatic carbocycles. The molecule has 0 aliphatic heterocycles. The molecule has 0 saturated heterocycles. The van der Waals surface area contributed by atoms with Crippen LogP contribution in [0.4, 0.5) is 22.0 Å². The van der Waals surface area contributed by atoms with Gasteiger partial charge in [-0.1, -0.05) is 18.2 Å². The fourth-order valence-corrected chi connectivity index (χ4v) is 3.02. The molecule has 0 aliphatic rings. The molecule has 168 valence electrons. The number of hydrogen-bond acceptors (Lipinski definition) is 4. The minimum Gasteiger partial charge on any atom is -0.493 e. The van der Waals surface area contributed by atoms with Crippen LogP contribution in [0.3, 0.4) is 0 Å². The predicted molar refractivity (Wildman–Crippen MR) is 99.0 cm³/mol. The molecule has 1 heterocycles. The lowest BCUT2D eigenvalue weighted by molar-refractivity contribution is -0.140. The van der Waals surface area contributed by atoms with Gasteiger partial charge in [-0.05, 0) is 23.8 Å². The minimum absolute atomic E-state index is 0.396. The molecule has 1 atom stereocenters. The summed E-state index contributed by atoms with van der Waals surface area (Å²) in [6.45, 7) is 0. The molecular weight excluding hydrogens is 441 g/mol. The van der Waals surface area contributed by atoms with Crippen LogP contribution in [0.25, 0.3) is 5.69 Å². The third-order valence-electron chi connectivity index (χ3n) is 4.39. The summed E-state index contributed by atoms with van der Waals surface area (Å²) in [6.07, 6.45) is -5.68. The summed E-state index contributed by atoms with van der Waals surface area (Å²) in [7, 11) is 0. The number of carboxylic acid groups (broad SMARTS) is 1. The van der Waals surface area contributed by atoms with E-state index in [0.29, 0.717) is 10.7 Å². The van der Waals surface area contributed by atoms with E-state index < -0.39 is 70.5 Å². The molecular formula is C20H14F5N3O4. The molecule has 0 fully saturated rings. The van der Waals surface area contributed by atoms with E-state index in [-0.39, 0.29) is 0 Å². The first-order valence-corrected chi connectivity index (χ1v) is 8.90. The average molecular weight is 455 g/mol. The SMILES string of the molecule is O=C(O)C[C@H](NC(=O)c1cc(O)n(-c2ccc(F)cc2F)n1)c1ccccc1C(F)(F)F. The molecule has 0 radical (unpaired) electrons. The molecule has 32 heavy (non-hydrogen) atoms. The number of alkyl halides is 3. The molecule has 3 rings (SSSR count). The molecule has 0 bridgehead atoms. The van der Waals surface area contributed by atoms with Gasteiger partial charge in [0.2, 0.25) is 5.88 Å². The summed E-state index contributed by atoms with van der Waals surface area (Å²) in [5.74, 6) is -5.31. The summed E-state index contributed by atoms with van der Waals surface area (Å²) in [5.41, 5.74) is -2.55. The monoisotopic (exact) mass is 455 g/mol. The molecule has 0 spiro atoms. The van der Waals surface area contributed by atoms with Crippen molar-refractivity contribution in [3.63, 3.8) is 0 Å². The molecule has 0 aliphatic carbocycles. The van der Waals surface area contributed by atoms with Crippen LogP contribution in [0.2, 0.25) is 0 Å². The van der Waals surface area contributed by atoms with Crippen molar-refractivity contribution in [3.05, 3.63) is 77.0 Å². The number of rotatable bonds is 6. The topological polar surface area (TPSA) is 104 Å². The van der Waals surface area contributed by atoms with Crippen molar-refractivity contribution in [1.82, 2.24) is 15.1 Å². The van der Waals surface area contributed by atoms with Crippen LogP contribution < -0.4 is 5.32 Å². The highest BCUT2D eigenvalue weighted by Gasteiger charge is 2.36. The van der Waals surface area contributed by atoms with Gasteiger partial charge in [0, 0.05) is 12.1 Å². The highest BCUT2D eigenvalue weighted by atomic mass is 19.4. The number of benzene rings is 2. The molecule has 3 N–H and O–H groups in total. The van der Waals surface area contributed by atoms with Gasteiger partial charge in [-0.15, -0.1) is 0 Å². The quantitative estimate of drug-likeness (QED) is 0.491. The Morgan fingerprint density at radius 2 is 1.78 bits per heavy atom. The second kappa shape index (κ2) is 8.65. The lowest BCUT2D eigenvalue weighted by Crippen LogP contribution is -2.32. The number of amides is 1. The Morgan fingerprint density at radius 3 is 2.41 bits per heavy atom. The van der Waals surface area contributed by atoms with Gasteiger partial charge in [0.25, 0.3) is 5.91 Å². The van der Waals surface area contributed by atoms with Crippen molar-refractivity contribution in [2.24, 2.45) is 0 Å². The normalized spacial score (nSPS) is 12.4. The number of hydrogen-bond donors (Lipinski definition) is 3. The van der Waals surface area contributed by atoms with Crippen LogP contribution in [-0.4, -0.2) is 31.9 Å². The lowest BCUT2D eigenvalue weighted by Gasteiger charge is -2.21. The van der Waals surface area contributed by atoms with Gasteiger partial charge in [0.05, 0.1) is 18.0 Å². The summed E-state index contributed by atoms with van der Waals surface area (Å²) in [5, 5.41) is 24.9. The fourth-order valence-electron chi connectivity index (χ4n) is 3.02. The van der Waals surface area contributed by atoms with Gasteiger partial charge in [0.15, 0.2) is 11.5 Å². The smallest absolute Gasteiger partial charge is 0.416 e. The van der Waals surface area contributed by atoms with Crippen LogP contribution in [0.1, 0.15) is 34.1 Å². The largest absolute Gasteiger partial charge is 0.493 e. The molecule has 7 nitrogen and oxygen atoms in total. The van der Waals surface area contributed by atoms with E-state index in [4.69, 9.17) is 5.11 Å². The molecule has 0 unspecified atom stereocenters. The number of carbonyl (C=O) groups is 2. The standard InChI is InChI=1S/C20H14F5N3O4/c21-10-5-6-16(13(22)7-10)28-17(29)8-15(27-28)19(32)26-14(9-18(30)31)11-3-1-2-4-12(11)20(23,24)25/h1-8,14,29H,9H2,(H,26,32)(H,30,31)/t14-/m0/s1. The first-order valence-electron chi connectivity index (χ1n) is 8.90. The van der Waals surface area contributed by atoms with Crippen LogP contribution in [0.5, 0.6) is 5.88 Å². The van der Waals surface area contributed by atoms with Crippen LogP contribution in [0, 0.1) is 11.6 Å². The summed E-state index contributed by atoms with van der Waals surface area (Å²) >= 11 is 0. The number of aliphatic carboxylic acids is 1. The maximum absolute atomic E-state index is 14.0. The average Bonchev–Trinajstić information content (AvgIpc) is 3.08. The maximum atomic E-state index is 14.0. The highest BCUT2D eigenvalue weighted by Crippen LogP contribution is 2.35. The van der Waals surface area contributed by atoms with Gasteiger partial charge >= 0.3 is 12.1 Å². The number of halogens is 5. The Hall–Kier alpha value is -3.96. The van der Waals surface area contributed by atoms with Crippen LogP contribution in [-0.2, 0) is 11.0 Å². The molecule has 3 aromatic rings. The second-order valence-electron chi connectivity index (χ2n) is 6.60. The second-order valence-corrected chi connectivity index (χ2v) is 6.60. The zero-order valence-corrected chi connectivity index (χ0v) is 15.9. The third kappa shape index (κ3) is 4.85. The zero-order valence-electron chi connectivity index (χ0n) is 15.9. The summed E-state index contributed by atoms with van der Waals surface area (Å²) in [4.78, 5) is 23.8. The highest BCUT2D eigenvalue weighted by molar-refractivity contribution is 5.93. The van der Waals surface area contributed by atoms with Crippen molar-refractivity contribution in [2.75, 3.05) is 0 Å². The number of nitrogens with zero attached hydrogens (tertiary/aromatic N) is 2. The summed E-state index contributed by atoms with van der Waals surface area (Å²) in [6, 6.07) is 5.70. The van der Waals surface area contributed by atoms with Crippen molar-refractivity contribution in [1.29, 1.82) is 0 Å². The van der Waals surface area contributed by atoms with E-state index in [0.717, 1.165) is 36.4 Å². The van der Waals surface area contributed by atoms with Crippen LogP contribution >= 0.6 is 0 Å². The number of nitrogens with one attached hydrogen (secondary N) is 1. The Kier molecular flexibility index (Phi) is 6.14. The number of aromatic hydroxyl groups is 1. The first kappa shape index (κ1) is 22.7. The van der Waals surface area contributed by atoms with E-state index in [1.165, 1.54) is 6.07 Å². The Labute approximate surface area is 176 Å². The fraction of sp³-hybridized carbons (Fsp3) is 0.150. The van der Waals surface area contributed by atoms with E-state index in [1.807, 2.05) is 0 Å². The first-order chi connectivity index (χ1) is 15.0. The molecule has 1 amide bonds. The predicted octanol–water partition coefficient (Wildman–Crippen LogP) is 3.82. The maximum Gasteiger partial charge on any atom is 0.416 e.